The fourth-order valence-electron chi connectivity index (χ4n) is 4.23. The second-order valence-electron chi connectivity index (χ2n) is 9.40. The molecule has 0 aliphatic carbocycles. The molecule has 4 rings (SSSR count). The molecule has 41 heavy (non-hydrogen) atoms. The quantitative estimate of drug-likeness (QED) is 0.224. The number of carbonyl (C=O) groups excluding carboxylic acids is 1. The normalized spacial score (nSPS) is 12.6. The van der Waals surface area contributed by atoms with Crippen molar-refractivity contribution in [3.05, 3.63) is 107 Å². The molecule has 0 aliphatic rings. The molecule has 0 spiro atoms. The molecule has 2 aromatic carbocycles. The number of amides is 1. The average Bonchev–Trinajstić information content (AvgIpc) is 3.37. The third-order valence-electron chi connectivity index (χ3n) is 6.51. The van der Waals surface area contributed by atoms with Crippen molar-refractivity contribution in [3.63, 3.8) is 0 Å². The zero-order valence-electron chi connectivity index (χ0n) is 22.6. The summed E-state index contributed by atoms with van der Waals surface area (Å²) in [7, 11) is 1.88. The van der Waals surface area contributed by atoms with Crippen molar-refractivity contribution in [2.24, 2.45) is 7.05 Å². The van der Waals surface area contributed by atoms with E-state index in [1.165, 1.54) is 48.2 Å². The highest BCUT2D eigenvalue weighted by Gasteiger charge is 2.23. The van der Waals surface area contributed by atoms with E-state index in [2.05, 4.69) is 15.3 Å². The molecule has 11 heteroatoms. The Balaban J connectivity index is 1.62. The molecule has 2 heterocycles. The molecule has 8 nitrogen and oxygen atoms in total. The number of thioether (sulfide) groups is 1. The molecule has 0 saturated carbocycles. The van der Waals surface area contributed by atoms with Gasteiger partial charge in [-0.2, -0.15) is 11.8 Å². The number of nitrogens with one attached hydrogen (secondary N) is 1. The van der Waals surface area contributed by atoms with Gasteiger partial charge >= 0.3 is 5.97 Å². The maximum atomic E-state index is 13.7. The van der Waals surface area contributed by atoms with Crippen molar-refractivity contribution < 1.29 is 28.2 Å². The number of ether oxygens (including phenoxy) is 1. The van der Waals surface area contributed by atoms with Gasteiger partial charge in [0.1, 0.15) is 17.7 Å². The summed E-state index contributed by atoms with van der Waals surface area (Å²) in [6, 6.07) is 13.7. The number of hydrogen-bond acceptors (Lipinski definition) is 6. The van der Waals surface area contributed by atoms with E-state index in [0.29, 0.717) is 23.4 Å². The first-order valence-corrected chi connectivity index (χ1v) is 14.2. The molecule has 2 atom stereocenters. The number of rotatable bonds is 13. The van der Waals surface area contributed by atoms with Crippen LogP contribution < -0.4 is 5.32 Å². The van der Waals surface area contributed by atoms with Gasteiger partial charge in [0.15, 0.2) is 0 Å². The summed E-state index contributed by atoms with van der Waals surface area (Å²) in [6.07, 6.45) is 5.57. The number of aryl methyl sites for hydroxylation is 1. The number of carbonyl (C=O) groups is 2. The van der Waals surface area contributed by atoms with Crippen molar-refractivity contribution in [2.45, 2.75) is 31.6 Å². The van der Waals surface area contributed by atoms with Gasteiger partial charge in [-0.3, -0.25) is 4.79 Å². The van der Waals surface area contributed by atoms with Crippen molar-refractivity contribution in [1.82, 2.24) is 19.9 Å². The smallest absolute Gasteiger partial charge is 0.326 e. The van der Waals surface area contributed by atoms with E-state index < -0.39 is 29.8 Å². The summed E-state index contributed by atoms with van der Waals surface area (Å²) in [5.41, 5.74) is 3.09. The number of carboxylic acid groups (broad SMARTS) is 1. The lowest BCUT2D eigenvalue weighted by atomic mass is 10.0. The first-order chi connectivity index (χ1) is 19.7. The van der Waals surface area contributed by atoms with Gasteiger partial charge < -0.3 is 19.7 Å². The monoisotopic (exact) mass is 580 g/mol. The van der Waals surface area contributed by atoms with E-state index in [9.17, 15) is 23.5 Å². The summed E-state index contributed by atoms with van der Waals surface area (Å²) in [5, 5.41) is 12.2. The Kier molecular flexibility index (Phi) is 10.2. The van der Waals surface area contributed by atoms with Crippen LogP contribution in [0.5, 0.6) is 0 Å². The third kappa shape index (κ3) is 7.99. The highest BCUT2D eigenvalue weighted by atomic mass is 32.2. The topological polar surface area (TPSA) is 106 Å². The van der Waals surface area contributed by atoms with Gasteiger partial charge in [0.25, 0.3) is 5.91 Å². The Hall–Kier alpha value is -4.09. The zero-order valence-corrected chi connectivity index (χ0v) is 23.4. The first kappa shape index (κ1) is 29.9. The molecule has 1 unspecified atom stereocenters. The van der Waals surface area contributed by atoms with E-state index in [0.717, 1.165) is 11.3 Å². The Morgan fingerprint density at radius 1 is 1.05 bits per heavy atom. The van der Waals surface area contributed by atoms with Gasteiger partial charge in [-0.25, -0.2) is 23.5 Å². The number of hydrogen-bond donors (Lipinski definition) is 2. The molecule has 2 aromatic heterocycles. The van der Waals surface area contributed by atoms with Gasteiger partial charge in [-0.1, -0.05) is 12.1 Å². The second-order valence-corrected chi connectivity index (χ2v) is 10.4. The van der Waals surface area contributed by atoms with Crippen LogP contribution >= 0.6 is 11.8 Å². The number of aromatic nitrogens is 3. The number of pyridine rings is 1. The van der Waals surface area contributed by atoms with Crippen molar-refractivity contribution >= 4 is 23.6 Å². The van der Waals surface area contributed by atoms with Crippen molar-refractivity contribution in [2.75, 3.05) is 12.0 Å². The zero-order chi connectivity index (χ0) is 29.4. The van der Waals surface area contributed by atoms with Gasteiger partial charge in [-0.15, -0.1) is 0 Å². The van der Waals surface area contributed by atoms with Crippen LogP contribution in [0.3, 0.4) is 0 Å². The summed E-state index contributed by atoms with van der Waals surface area (Å²) in [5.74, 6) is -1.97. The standard InChI is InChI=1S/C30H30F2N4O4S/c1-36-18-33-16-24(36)15-27(19-3-7-21(31)8-4-19)40-17-23-11-12-25(28(34-23)20-5-9-22(32)10-6-20)29(37)35-26(30(38)39)13-14-41-2/h3-12,16,18,26-27H,13-15,17H2,1-2H3,(H,35,37)(H,38,39)/t26-,27?/m0/s1. The van der Waals surface area contributed by atoms with E-state index in [1.54, 1.807) is 36.8 Å². The maximum Gasteiger partial charge on any atom is 0.326 e. The number of aliphatic carboxylic acids is 1. The molecule has 0 fully saturated rings. The highest BCUT2D eigenvalue weighted by Crippen LogP contribution is 2.27. The predicted octanol–water partition coefficient (Wildman–Crippen LogP) is 5.20. The number of nitrogens with zero attached hydrogens (tertiary/aromatic N) is 3. The maximum absolute atomic E-state index is 13.7. The van der Waals surface area contributed by atoms with Crippen LogP contribution in [-0.2, 0) is 29.6 Å². The first-order valence-electron chi connectivity index (χ1n) is 12.9. The van der Waals surface area contributed by atoms with Crippen LogP contribution in [0.15, 0.2) is 73.2 Å². The molecule has 214 valence electrons. The largest absolute Gasteiger partial charge is 0.480 e. The average molecular weight is 581 g/mol. The van der Waals surface area contributed by atoms with Crippen LogP contribution in [0.25, 0.3) is 11.3 Å². The Morgan fingerprint density at radius 2 is 1.73 bits per heavy atom. The van der Waals surface area contributed by atoms with Crippen LogP contribution in [0.2, 0.25) is 0 Å². The Morgan fingerprint density at radius 3 is 2.34 bits per heavy atom. The fourth-order valence-corrected chi connectivity index (χ4v) is 4.70. The van der Waals surface area contributed by atoms with E-state index >= 15 is 0 Å². The Bertz CT molecular complexity index is 1480. The lowest BCUT2D eigenvalue weighted by Gasteiger charge is -2.20. The number of carboxylic acids is 1. The van der Waals surface area contributed by atoms with Gasteiger partial charge in [0, 0.05) is 30.9 Å². The van der Waals surface area contributed by atoms with Crippen molar-refractivity contribution in [1.29, 1.82) is 0 Å². The summed E-state index contributed by atoms with van der Waals surface area (Å²) in [4.78, 5) is 33.8. The number of halogens is 2. The summed E-state index contributed by atoms with van der Waals surface area (Å²) < 4.78 is 35.4. The molecule has 1 amide bonds. The summed E-state index contributed by atoms with van der Waals surface area (Å²) >= 11 is 1.48. The minimum Gasteiger partial charge on any atom is -0.480 e. The van der Waals surface area contributed by atoms with Crippen molar-refractivity contribution in [3.8, 4) is 11.3 Å². The summed E-state index contributed by atoms with van der Waals surface area (Å²) in [6.45, 7) is 0.0570. The van der Waals surface area contributed by atoms with Gasteiger partial charge in [0.2, 0.25) is 0 Å². The van der Waals surface area contributed by atoms with Crippen LogP contribution in [0.4, 0.5) is 8.78 Å². The molecule has 0 bridgehead atoms. The minimum absolute atomic E-state index is 0.0570. The second kappa shape index (κ2) is 14.0. The molecular formula is C30H30F2N4O4S. The van der Waals surface area contributed by atoms with Crippen LogP contribution in [0, 0.1) is 11.6 Å². The van der Waals surface area contributed by atoms with Crippen LogP contribution in [-0.4, -0.2) is 49.6 Å². The van der Waals surface area contributed by atoms with Crippen LogP contribution in [0.1, 0.15) is 39.8 Å². The predicted molar refractivity (Wildman–Crippen MR) is 152 cm³/mol. The molecule has 0 saturated heterocycles. The van der Waals surface area contributed by atoms with Gasteiger partial charge in [0.05, 0.1) is 36.0 Å². The molecule has 0 radical (unpaired) electrons. The lowest BCUT2D eigenvalue weighted by Crippen LogP contribution is -2.41. The molecule has 2 N–H and O–H groups in total. The molecule has 4 aromatic rings. The van der Waals surface area contributed by atoms with Gasteiger partial charge in [-0.05, 0) is 72.5 Å². The molecular weight excluding hydrogens is 550 g/mol. The third-order valence-corrected chi connectivity index (χ3v) is 7.16. The number of benzene rings is 2. The van der Waals surface area contributed by atoms with E-state index in [1.807, 2.05) is 17.9 Å². The minimum atomic E-state index is -1.13. The highest BCUT2D eigenvalue weighted by molar-refractivity contribution is 7.98. The van der Waals surface area contributed by atoms with E-state index in [-0.39, 0.29) is 30.1 Å². The lowest BCUT2D eigenvalue weighted by molar-refractivity contribution is -0.139. The molecule has 0 aliphatic heterocycles. The van der Waals surface area contributed by atoms with E-state index in [4.69, 9.17) is 4.74 Å². The SMILES string of the molecule is CSCC[C@H](NC(=O)c1ccc(COC(Cc2cncn2C)c2ccc(F)cc2)nc1-c1ccc(F)cc1)C(=O)O. The Labute approximate surface area is 240 Å². The fraction of sp³-hybridized carbons (Fsp3) is 0.267. The number of imidazole rings is 1.